The Kier molecular flexibility index (Phi) is 3.53. The van der Waals surface area contributed by atoms with Gasteiger partial charge in [0.1, 0.15) is 5.60 Å². The molecule has 2 aliphatic carbocycles. The molecule has 7 unspecified atom stereocenters. The number of carbonyl (C=O) groups excluding carboxylic acids is 2. The van der Waals surface area contributed by atoms with Crippen molar-refractivity contribution in [2.45, 2.75) is 52.6 Å². The van der Waals surface area contributed by atoms with Crippen LogP contribution in [0.4, 0.5) is 0 Å². The van der Waals surface area contributed by atoms with Gasteiger partial charge in [-0.2, -0.15) is 0 Å². The Morgan fingerprint density at radius 1 is 1.29 bits per heavy atom. The average Bonchev–Trinajstić information content (AvgIpc) is 3.07. The van der Waals surface area contributed by atoms with Gasteiger partial charge in [0.2, 0.25) is 0 Å². The topological polar surface area (TPSA) is 52.6 Å². The maximum absolute atomic E-state index is 12.1. The maximum atomic E-state index is 12.1. The zero-order valence-corrected chi connectivity index (χ0v) is 13.4. The van der Waals surface area contributed by atoms with Crippen LogP contribution in [-0.2, 0) is 19.1 Å². The number of hydrogen-bond acceptors (Lipinski definition) is 4. The van der Waals surface area contributed by atoms with E-state index in [1.165, 1.54) is 13.3 Å². The molecule has 0 radical (unpaired) electrons. The molecule has 7 atom stereocenters. The molecule has 0 aromatic heterocycles. The molecule has 4 heteroatoms. The van der Waals surface area contributed by atoms with Crippen molar-refractivity contribution in [1.29, 1.82) is 0 Å². The third kappa shape index (κ3) is 2.18. The molecule has 21 heavy (non-hydrogen) atoms. The van der Waals surface area contributed by atoms with Gasteiger partial charge in [0, 0.05) is 12.8 Å². The molecule has 1 heterocycles. The van der Waals surface area contributed by atoms with Gasteiger partial charge in [-0.15, -0.1) is 0 Å². The van der Waals surface area contributed by atoms with E-state index in [0.717, 1.165) is 12.3 Å². The first-order valence-corrected chi connectivity index (χ1v) is 8.20. The first kappa shape index (κ1) is 14.9. The molecule has 0 amide bonds. The molecule has 118 valence electrons. The van der Waals surface area contributed by atoms with Gasteiger partial charge in [-0.1, -0.05) is 13.8 Å². The lowest BCUT2D eigenvalue weighted by Crippen LogP contribution is -2.51. The van der Waals surface area contributed by atoms with E-state index < -0.39 is 5.60 Å². The Morgan fingerprint density at radius 3 is 2.48 bits per heavy atom. The molecular weight excluding hydrogens is 268 g/mol. The van der Waals surface area contributed by atoms with E-state index in [9.17, 15) is 9.59 Å². The molecule has 1 aliphatic heterocycles. The fourth-order valence-corrected chi connectivity index (χ4v) is 5.33. The molecule has 2 bridgehead atoms. The molecule has 4 nitrogen and oxygen atoms in total. The Hall–Kier alpha value is -1.06. The van der Waals surface area contributed by atoms with Crippen molar-refractivity contribution in [2.75, 3.05) is 6.61 Å². The van der Waals surface area contributed by atoms with Crippen molar-refractivity contribution in [3.05, 3.63) is 0 Å². The monoisotopic (exact) mass is 294 g/mol. The van der Waals surface area contributed by atoms with Gasteiger partial charge in [0.05, 0.1) is 12.5 Å². The Labute approximate surface area is 126 Å². The van der Waals surface area contributed by atoms with Gasteiger partial charge in [-0.25, -0.2) is 0 Å². The summed E-state index contributed by atoms with van der Waals surface area (Å²) in [5.74, 6) is 2.15. The second-order valence-corrected chi connectivity index (χ2v) is 7.51. The zero-order valence-electron chi connectivity index (χ0n) is 13.4. The highest BCUT2D eigenvalue weighted by molar-refractivity contribution is 5.76. The predicted octanol–water partition coefficient (Wildman–Crippen LogP) is 2.80. The molecule has 0 spiro atoms. The van der Waals surface area contributed by atoms with E-state index in [2.05, 4.69) is 13.8 Å². The lowest BCUT2D eigenvalue weighted by molar-refractivity contribution is -0.179. The van der Waals surface area contributed by atoms with Crippen molar-refractivity contribution >= 4 is 11.9 Å². The van der Waals surface area contributed by atoms with Crippen LogP contribution in [0.2, 0.25) is 0 Å². The van der Waals surface area contributed by atoms with Crippen LogP contribution in [-0.4, -0.2) is 24.1 Å². The number of fused-ring (bicyclic) bond motifs is 2. The van der Waals surface area contributed by atoms with Crippen LogP contribution in [0.5, 0.6) is 0 Å². The number of esters is 2. The highest BCUT2D eigenvalue weighted by Gasteiger charge is 2.60. The molecule has 3 rings (SSSR count). The van der Waals surface area contributed by atoms with Crippen molar-refractivity contribution in [3.8, 4) is 0 Å². The van der Waals surface area contributed by atoms with Gasteiger partial charge >= 0.3 is 11.9 Å². The zero-order chi connectivity index (χ0) is 15.4. The predicted molar refractivity (Wildman–Crippen MR) is 77.3 cm³/mol. The SMILES string of the molecule is CC(=O)OC(C)(C1CCOC1=O)C1CC2CC1C(C)C2C. The lowest BCUT2D eigenvalue weighted by Gasteiger charge is -2.44. The summed E-state index contributed by atoms with van der Waals surface area (Å²) < 4.78 is 10.9. The second-order valence-electron chi connectivity index (χ2n) is 7.51. The molecule has 3 aliphatic rings. The summed E-state index contributed by atoms with van der Waals surface area (Å²) in [6.45, 7) is 8.50. The fourth-order valence-electron chi connectivity index (χ4n) is 5.33. The minimum absolute atomic E-state index is 0.192. The summed E-state index contributed by atoms with van der Waals surface area (Å²) >= 11 is 0. The third-order valence-corrected chi connectivity index (χ3v) is 6.62. The Bertz CT molecular complexity index is 458. The first-order chi connectivity index (χ1) is 9.84. The van der Waals surface area contributed by atoms with E-state index in [1.54, 1.807) is 0 Å². The minimum atomic E-state index is -0.701. The summed E-state index contributed by atoms with van der Waals surface area (Å²) in [5, 5.41) is 0. The van der Waals surface area contributed by atoms with E-state index in [4.69, 9.17) is 9.47 Å². The van der Waals surface area contributed by atoms with E-state index in [0.29, 0.717) is 30.8 Å². The fraction of sp³-hybridized carbons (Fsp3) is 0.882. The summed E-state index contributed by atoms with van der Waals surface area (Å²) in [6.07, 6.45) is 2.95. The molecule has 2 saturated carbocycles. The van der Waals surface area contributed by atoms with Gasteiger partial charge < -0.3 is 9.47 Å². The minimum Gasteiger partial charge on any atom is -0.465 e. The quantitative estimate of drug-likeness (QED) is 0.751. The van der Waals surface area contributed by atoms with E-state index in [1.807, 2.05) is 6.92 Å². The summed E-state index contributed by atoms with van der Waals surface area (Å²) in [7, 11) is 0. The molecule has 1 saturated heterocycles. The average molecular weight is 294 g/mol. The number of ether oxygens (including phenoxy) is 2. The largest absolute Gasteiger partial charge is 0.465 e. The standard InChI is InChI=1S/C17H26O4/c1-9-10(2)13-7-12(9)8-15(13)17(4,21-11(3)18)14-5-6-20-16(14)19/h9-10,12-15H,5-8H2,1-4H3. The van der Waals surface area contributed by atoms with E-state index in [-0.39, 0.29) is 23.8 Å². The van der Waals surface area contributed by atoms with Gasteiger partial charge in [0.25, 0.3) is 0 Å². The lowest BCUT2D eigenvalue weighted by atomic mass is 9.65. The first-order valence-electron chi connectivity index (χ1n) is 8.20. The van der Waals surface area contributed by atoms with Crippen LogP contribution in [0.15, 0.2) is 0 Å². The molecule has 3 fully saturated rings. The van der Waals surface area contributed by atoms with Gasteiger partial charge in [-0.3, -0.25) is 9.59 Å². The Morgan fingerprint density at radius 2 is 2.00 bits per heavy atom. The van der Waals surface area contributed by atoms with Crippen LogP contribution >= 0.6 is 0 Å². The van der Waals surface area contributed by atoms with Crippen LogP contribution in [0, 0.1) is 35.5 Å². The maximum Gasteiger partial charge on any atom is 0.313 e. The summed E-state index contributed by atoms with van der Waals surface area (Å²) in [5.41, 5.74) is -0.701. The van der Waals surface area contributed by atoms with Crippen LogP contribution in [0.25, 0.3) is 0 Å². The Balaban J connectivity index is 1.90. The van der Waals surface area contributed by atoms with Crippen molar-refractivity contribution in [1.82, 2.24) is 0 Å². The van der Waals surface area contributed by atoms with Crippen LogP contribution in [0.3, 0.4) is 0 Å². The smallest absolute Gasteiger partial charge is 0.313 e. The van der Waals surface area contributed by atoms with Crippen molar-refractivity contribution in [2.24, 2.45) is 35.5 Å². The number of rotatable bonds is 3. The molecule has 0 aromatic carbocycles. The number of carbonyl (C=O) groups is 2. The molecular formula is C17H26O4. The van der Waals surface area contributed by atoms with E-state index >= 15 is 0 Å². The highest BCUT2D eigenvalue weighted by atomic mass is 16.6. The molecule has 0 aromatic rings. The summed E-state index contributed by atoms with van der Waals surface area (Å²) in [6, 6.07) is 0. The van der Waals surface area contributed by atoms with Crippen LogP contribution in [0.1, 0.15) is 47.0 Å². The van der Waals surface area contributed by atoms with Gasteiger partial charge in [0.15, 0.2) is 0 Å². The normalized spacial score (nSPS) is 44.5. The summed E-state index contributed by atoms with van der Waals surface area (Å²) in [4.78, 5) is 23.8. The number of hydrogen-bond donors (Lipinski definition) is 0. The number of cyclic esters (lactones) is 1. The van der Waals surface area contributed by atoms with Crippen molar-refractivity contribution < 1.29 is 19.1 Å². The second kappa shape index (κ2) is 4.99. The van der Waals surface area contributed by atoms with Crippen molar-refractivity contribution in [3.63, 3.8) is 0 Å². The highest BCUT2D eigenvalue weighted by Crippen LogP contribution is 2.60. The molecule has 0 N–H and O–H groups in total. The van der Waals surface area contributed by atoms with Gasteiger partial charge in [-0.05, 0) is 49.9 Å². The third-order valence-electron chi connectivity index (χ3n) is 6.62. The van der Waals surface area contributed by atoms with Crippen LogP contribution < -0.4 is 0 Å².